The number of hydrazine groups is 1. The Morgan fingerprint density at radius 1 is 0.966 bits per heavy atom. The lowest BCUT2D eigenvalue weighted by molar-refractivity contribution is -0.148. The van der Waals surface area contributed by atoms with E-state index < -0.39 is 24.4 Å². The van der Waals surface area contributed by atoms with Gasteiger partial charge in [-0.05, 0) is 36.2 Å². The van der Waals surface area contributed by atoms with E-state index in [1.54, 1.807) is 19.2 Å². The summed E-state index contributed by atoms with van der Waals surface area (Å²) in [6.45, 7) is -0.530. The first-order valence-electron chi connectivity index (χ1n) is 8.64. The Morgan fingerprint density at radius 3 is 2.41 bits per heavy atom. The van der Waals surface area contributed by atoms with Crippen LogP contribution in [0.3, 0.4) is 0 Å². The fraction of sp³-hybridized carbons (Fsp3) is 0.250. The first-order chi connectivity index (χ1) is 13.9. The number of amides is 2. The summed E-state index contributed by atoms with van der Waals surface area (Å²) < 4.78 is 15.2. The predicted molar refractivity (Wildman–Crippen MR) is 106 cm³/mol. The molecular weight excluding hydrogens is 400 g/mol. The highest BCUT2D eigenvalue weighted by Gasteiger charge is 2.15. The molecule has 0 spiro atoms. The molecule has 8 nitrogen and oxygen atoms in total. The summed E-state index contributed by atoms with van der Waals surface area (Å²) in [5, 5.41) is 0.339. The lowest BCUT2D eigenvalue weighted by Crippen LogP contribution is -2.43. The zero-order valence-corrected chi connectivity index (χ0v) is 16.7. The molecule has 2 rings (SSSR count). The number of nitrogens with one attached hydrogen (secondary N) is 2. The summed E-state index contributed by atoms with van der Waals surface area (Å²) in [6, 6.07) is 11.8. The second-order valence-electron chi connectivity index (χ2n) is 5.82. The fourth-order valence-corrected chi connectivity index (χ4v) is 2.62. The number of rotatable bonds is 8. The Balaban J connectivity index is 1.76. The molecule has 154 valence electrons. The van der Waals surface area contributed by atoms with Gasteiger partial charge < -0.3 is 14.2 Å². The van der Waals surface area contributed by atoms with Crippen molar-refractivity contribution in [2.45, 2.75) is 12.8 Å². The van der Waals surface area contributed by atoms with E-state index in [1.165, 1.54) is 19.2 Å². The van der Waals surface area contributed by atoms with Crippen molar-refractivity contribution in [3.63, 3.8) is 0 Å². The van der Waals surface area contributed by atoms with E-state index in [4.69, 9.17) is 25.8 Å². The standard InChI is InChI=1S/C20H21ClN2O6/c1-27-16-6-4-3-5-13(16)7-10-19(25)29-12-18(24)22-23-20(26)15-11-14(21)8-9-17(15)28-2/h3-6,8-9,11H,7,10,12H2,1-2H3,(H,22,24)(H,23,26). The molecule has 29 heavy (non-hydrogen) atoms. The molecule has 0 radical (unpaired) electrons. The van der Waals surface area contributed by atoms with Gasteiger partial charge in [0.1, 0.15) is 11.5 Å². The van der Waals surface area contributed by atoms with Crippen molar-refractivity contribution in [3.05, 3.63) is 58.6 Å². The molecule has 0 atom stereocenters. The summed E-state index contributed by atoms with van der Waals surface area (Å²) in [7, 11) is 2.96. The second kappa shape index (κ2) is 10.9. The van der Waals surface area contributed by atoms with Gasteiger partial charge in [0.25, 0.3) is 11.8 Å². The number of hydrogen-bond acceptors (Lipinski definition) is 6. The monoisotopic (exact) mass is 420 g/mol. The third-order valence-corrected chi connectivity index (χ3v) is 4.11. The van der Waals surface area contributed by atoms with Gasteiger partial charge in [-0.3, -0.25) is 25.2 Å². The molecule has 0 aliphatic rings. The zero-order chi connectivity index (χ0) is 21.2. The van der Waals surface area contributed by atoms with Gasteiger partial charge in [0.15, 0.2) is 6.61 Å². The Kier molecular flexibility index (Phi) is 8.29. The van der Waals surface area contributed by atoms with Crippen molar-refractivity contribution in [1.29, 1.82) is 0 Å². The van der Waals surface area contributed by atoms with Crippen LogP contribution in [0.25, 0.3) is 0 Å². The van der Waals surface area contributed by atoms with Gasteiger partial charge >= 0.3 is 5.97 Å². The van der Waals surface area contributed by atoms with Crippen LogP contribution in [-0.4, -0.2) is 38.6 Å². The van der Waals surface area contributed by atoms with E-state index >= 15 is 0 Å². The largest absolute Gasteiger partial charge is 0.496 e. The van der Waals surface area contributed by atoms with Crippen LogP contribution in [0.15, 0.2) is 42.5 Å². The molecule has 0 aromatic heterocycles. The van der Waals surface area contributed by atoms with Gasteiger partial charge in [-0.1, -0.05) is 29.8 Å². The van der Waals surface area contributed by atoms with Crippen molar-refractivity contribution in [2.75, 3.05) is 20.8 Å². The molecular formula is C20H21ClN2O6. The third-order valence-electron chi connectivity index (χ3n) is 3.88. The van der Waals surface area contributed by atoms with Crippen LogP contribution in [0, 0.1) is 0 Å². The lowest BCUT2D eigenvalue weighted by atomic mass is 10.1. The van der Waals surface area contributed by atoms with Crippen molar-refractivity contribution in [2.24, 2.45) is 0 Å². The molecule has 0 aliphatic heterocycles. The van der Waals surface area contributed by atoms with Gasteiger partial charge in [-0.2, -0.15) is 0 Å². The highest BCUT2D eigenvalue weighted by atomic mass is 35.5. The third kappa shape index (κ3) is 6.69. The van der Waals surface area contributed by atoms with Crippen LogP contribution >= 0.6 is 11.6 Å². The molecule has 0 heterocycles. The van der Waals surface area contributed by atoms with Gasteiger partial charge in [0, 0.05) is 11.4 Å². The number of carbonyl (C=O) groups is 3. The van der Waals surface area contributed by atoms with Crippen LogP contribution in [-0.2, 0) is 20.7 Å². The Bertz CT molecular complexity index is 887. The van der Waals surface area contributed by atoms with Gasteiger partial charge in [0.05, 0.1) is 19.8 Å². The quantitative estimate of drug-likeness (QED) is 0.501. The summed E-state index contributed by atoms with van der Waals surface area (Å²) in [5.74, 6) is -0.889. The van der Waals surface area contributed by atoms with Crippen LogP contribution in [0.4, 0.5) is 0 Å². The van der Waals surface area contributed by atoms with E-state index in [1.807, 2.05) is 18.2 Å². The van der Waals surface area contributed by atoms with Crippen LogP contribution in [0.5, 0.6) is 11.5 Å². The molecule has 2 aromatic rings. The Morgan fingerprint density at radius 2 is 1.69 bits per heavy atom. The van der Waals surface area contributed by atoms with Crippen LogP contribution < -0.4 is 20.3 Å². The number of carbonyl (C=O) groups excluding carboxylic acids is 3. The Labute approximate surface area is 173 Å². The van der Waals surface area contributed by atoms with Crippen molar-refractivity contribution < 1.29 is 28.6 Å². The topological polar surface area (TPSA) is 103 Å². The highest BCUT2D eigenvalue weighted by Crippen LogP contribution is 2.22. The first-order valence-corrected chi connectivity index (χ1v) is 9.02. The molecule has 0 saturated heterocycles. The van der Waals surface area contributed by atoms with E-state index in [0.717, 1.165) is 5.56 Å². The van der Waals surface area contributed by atoms with Gasteiger partial charge in [-0.15, -0.1) is 0 Å². The summed E-state index contributed by atoms with van der Waals surface area (Å²) in [4.78, 5) is 35.8. The zero-order valence-electron chi connectivity index (χ0n) is 16.0. The lowest BCUT2D eigenvalue weighted by Gasteiger charge is -2.11. The number of aryl methyl sites for hydroxylation is 1. The molecule has 0 unspecified atom stereocenters. The normalized spacial score (nSPS) is 10.0. The number of hydrogen-bond donors (Lipinski definition) is 2. The first kappa shape index (κ1) is 22.0. The summed E-state index contributed by atoms with van der Waals surface area (Å²) in [6.07, 6.45) is 0.496. The number of esters is 1. The molecule has 0 saturated carbocycles. The average Bonchev–Trinajstić information content (AvgIpc) is 2.74. The number of ether oxygens (including phenoxy) is 3. The molecule has 2 N–H and O–H groups in total. The predicted octanol–water partition coefficient (Wildman–Crippen LogP) is 2.29. The fourth-order valence-electron chi connectivity index (χ4n) is 2.45. The number of methoxy groups -OCH3 is 2. The maximum atomic E-state index is 12.2. The molecule has 0 bridgehead atoms. The SMILES string of the molecule is COc1ccccc1CCC(=O)OCC(=O)NNC(=O)c1cc(Cl)ccc1OC. The van der Waals surface area contributed by atoms with E-state index in [0.29, 0.717) is 22.9 Å². The minimum Gasteiger partial charge on any atom is -0.496 e. The number of benzene rings is 2. The van der Waals surface area contributed by atoms with Crippen molar-refractivity contribution in [1.82, 2.24) is 10.9 Å². The average molecular weight is 421 g/mol. The molecule has 0 aliphatic carbocycles. The van der Waals surface area contributed by atoms with Crippen molar-refractivity contribution in [3.8, 4) is 11.5 Å². The second-order valence-corrected chi connectivity index (χ2v) is 6.26. The molecule has 9 heteroatoms. The van der Waals surface area contributed by atoms with Crippen LogP contribution in [0.1, 0.15) is 22.3 Å². The van der Waals surface area contributed by atoms with Crippen LogP contribution in [0.2, 0.25) is 5.02 Å². The molecule has 2 amide bonds. The number of para-hydroxylation sites is 1. The van der Waals surface area contributed by atoms with E-state index in [9.17, 15) is 14.4 Å². The highest BCUT2D eigenvalue weighted by molar-refractivity contribution is 6.31. The maximum Gasteiger partial charge on any atom is 0.306 e. The minimum atomic E-state index is -0.690. The van der Waals surface area contributed by atoms with Crippen molar-refractivity contribution >= 4 is 29.4 Å². The molecule has 0 fully saturated rings. The van der Waals surface area contributed by atoms with Gasteiger partial charge in [-0.25, -0.2) is 0 Å². The Hall–Kier alpha value is -3.26. The summed E-state index contributed by atoms with van der Waals surface area (Å²) >= 11 is 5.87. The van der Waals surface area contributed by atoms with E-state index in [2.05, 4.69) is 10.9 Å². The summed E-state index contributed by atoms with van der Waals surface area (Å²) in [5.41, 5.74) is 5.38. The smallest absolute Gasteiger partial charge is 0.306 e. The maximum absolute atomic E-state index is 12.2. The molecule has 2 aromatic carbocycles. The number of halogens is 1. The van der Waals surface area contributed by atoms with Gasteiger partial charge in [0.2, 0.25) is 0 Å². The van der Waals surface area contributed by atoms with E-state index in [-0.39, 0.29) is 12.0 Å². The minimum absolute atomic E-state index is 0.0831.